The number of nitrogens with one attached hydrogen (secondary N) is 3. The maximum absolute atomic E-state index is 12.8. The summed E-state index contributed by atoms with van der Waals surface area (Å²) in [5, 5.41) is 22.7. The summed E-state index contributed by atoms with van der Waals surface area (Å²) in [6.45, 7) is 2.38. The Kier molecular flexibility index (Phi) is 12.1. The highest BCUT2D eigenvalue weighted by Crippen LogP contribution is 2.43. The predicted octanol–water partition coefficient (Wildman–Crippen LogP) is 6.13. The van der Waals surface area contributed by atoms with Crippen LogP contribution in [-0.4, -0.2) is 57.3 Å². The number of aliphatic hydroxyl groups is 1. The zero-order valence-corrected chi connectivity index (χ0v) is 29.2. The second-order valence-electron chi connectivity index (χ2n) is 12.3. The fourth-order valence-corrected chi connectivity index (χ4v) is 6.95. The van der Waals surface area contributed by atoms with Gasteiger partial charge in [0.25, 0.3) is 0 Å². The van der Waals surface area contributed by atoms with Gasteiger partial charge in [0.1, 0.15) is 12.4 Å². The maximum atomic E-state index is 12.8. The number of carbonyl (C=O) groups is 2. The van der Waals surface area contributed by atoms with Gasteiger partial charge in [0, 0.05) is 30.2 Å². The molecule has 2 heterocycles. The first kappa shape index (κ1) is 35.8. The number of aromatic amines is 1. The topological polar surface area (TPSA) is 148 Å². The van der Waals surface area contributed by atoms with Crippen LogP contribution in [0, 0.1) is 5.92 Å². The number of ether oxygens (including phenoxy) is 3. The molecule has 1 aliphatic rings. The number of aromatic nitrogens is 3. The fraction of sp³-hybridized carbons (Fsp3) is 0.282. The minimum atomic E-state index is -0.813. The quantitative estimate of drug-likeness (QED) is 0.0838. The zero-order valence-electron chi connectivity index (χ0n) is 28.4. The number of esters is 1. The van der Waals surface area contributed by atoms with Crippen LogP contribution >= 0.6 is 11.8 Å². The van der Waals surface area contributed by atoms with E-state index in [2.05, 4.69) is 32.7 Å². The maximum Gasteiger partial charge on any atom is 0.328 e. The molecule has 1 fully saturated rings. The molecular formula is C39H41N5O6S. The van der Waals surface area contributed by atoms with Gasteiger partial charge in [-0.1, -0.05) is 116 Å². The number of benzene rings is 4. The van der Waals surface area contributed by atoms with E-state index in [0.717, 1.165) is 44.1 Å². The Morgan fingerprint density at radius 3 is 2.35 bits per heavy atom. The van der Waals surface area contributed by atoms with Gasteiger partial charge >= 0.3 is 12.0 Å². The Morgan fingerprint density at radius 2 is 1.65 bits per heavy atom. The van der Waals surface area contributed by atoms with E-state index in [1.807, 2.05) is 103 Å². The lowest BCUT2D eigenvalue weighted by Crippen LogP contribution is -2.47. The molecule has 2 amide bonds. The van der Waals surface area contributed by atoms with Crippen LogP contribution in [0.2, 0.25) is 0 Å². The molecule has 4 N–H and O–H groups in total. The molecule has 51 heavy (non-hydrogen) atoms. The minimum Gasteiger partial charge on any atom is -0.467 e. The van der Waals surface area contributed by atoms with Gasteiger partial charge in [0.15, 0.2) is 11.4 Å². The highest BCUT2D eigenvalue weighted by atomic mass is 32.2. The van der Waals surface area contributed by atoms with Gasteiger partial charge in [-0.2, -0.15) is 5.10 Å². The number of hydrogen-bond acceptors (Lipinski definition) is 9. The van der Waals surface area contributed by atoms with Crippen molar-refractivity contribution in [1.82, 2.24) is 25.8 Å². The molecule has 4 aromatic carbocycles. The number of carbonyl (C=O) groups excluding carboxylic acids is 2. The molecule has 0 aliphatic carbocycles. The molecule has 5 aromatic rings. The van der Waals surface area contributed by atoms with Crippen LogP contribution in [0.4, 0.5) is 4.79 Å². The van der Waals surface area contributed by atoms with E-state index in [4.69, 9.17) is 14.2 Å². The molecule has 1 aromatic heterocycles. The molecular weight excluding hydrogens is 667 g/mol. The Bertz CT molecular complexity index is 1860. The molecule has 0 radical (unpaired) electrons. The van der Waals surface area contributed by atoms with Crippen molar-refractivity contribution < 1.29 is 28.9 Å². The van der Waals surface area contributed by atoms with E-state index in [1.54, 1.807) is 11.8 Å². The van der Waals surface area contributed by atoms with Gasteiger partial charge in [-0.25, -0.2) is 14.6 Å². The van der Waals surface area contributed by atoms with Crippen molar-refractivity contribution in [2.45, 2.75) is 56.2 Å². The van der Waals surface area contributed by atoms with Crippen molar-refractivity contribution in [2.24, 2.45) is 5.92 Å². The smallest absolute Gasteiger partial charge is 0.328 e. The molecule has 5 unspecified atom stereocenters. The van der Waals surface area contributed by atoms with Crippen LogP contribution < -0.4 is 10.6 Å². The van der Waals surface area contributed by atoms with Crippen molar-refractivity contribution in [1.29, 1.82) is 0 Å². The second kappa shape index (κ2) is 17.3. The summed E-state index contributed by atoms with van der Waals surface area (Å²) >= 11 is 1.56. The SMILES string of the molecule is COC(=O)C(Cc1ccccc1)NC(=O)NCc1cccc(-c2ccc(C3OC(CSc4ncn[nH]4)C(C)C(c4ccc(CO)cc4)O3)cc2)c1. The molecule has 11 nitrogen and oxygen atoms in total. The van der Waals surface area contributed by atoms with Crippen molar-refractivity contribution >= 4 is 23.8 Å². The summed E-state index contributed by atoms with van der Waals surface area (Å²) in [5.41, 5.74) is 6.56. The number of urea groups is 1. The van der Waals surface area contributed by atoms with Crippen molar-refractivity contribution in [3.05, 3.63) is 137 Å². The number of amides is 2. The molecule has 6 rings (SSSR count). The normalized spacial score (nSPS) is 19.2. The fourth-order valence-electron chi connectivity index (χ4n) is 6.01. The number of hydrogen-bond donors (Lipinski definition) is 4. The Balaban J connectivity index is 1.11. The van der Waals surface area contributed by atoms with Crippen molar-refractivity contribution in [3.63, 3.8) is 0 Å². The molecule has 0 spiro atoms. The molecule has 264 valence electrons. The summed E-state index contributed by atoms with van der Waals surface area (Å²) in [6.07, 6.45) is 0.861. The first-order valence-electron chi connectivity index (χ1n) is 16.7. The van der Waals surface area contributed by atoms with Crippen molar-refractivity contribution in [2.75, 3.05) is 12.9 Å². The standard InChI is InChI=1S/C39H41N5O6S/c1-25-34(23-51-39-41-24-42-44-39)49-37(50-35(25)30-13-11-27(22-45)12-14-30)31-17-15-29(16-18-31)32-10-6-9-28(19-32)21-40-38(47)43-33(36(46)48-2)20-26-7-4-3-5-8-26/h3-19,24-25,33-35,37,45H,20-23H2,1-2H3,(H2,40,43,47)(H,41,42,44). The first-order valence-corrected chi connectivity index (χ1v) is 17.7. The van der Waals surface area contributed by atoms with Crippen LogP contribution in [0.15, 0.2) is 115 Å². The monoisotopic (exact) mass is 707 g/mol. The highest BCUT2D eigenvalue weighted by Gasteiger charge is 2.38. The third-order valence-electron chi connectivity index (χ3n) is 8.87. The third kappa shape index (κ3) is 9.41. The Hall–Kier alpha value is -5.01. The third-order valence-corrected chi connectivity index (χ3v) is 9.84. The minimum absolute atomic E-state index is 0.0166. The van der Waals surface area contributed by atoms with E-state index in [9.17, 15) is 14.7 Å². The van der Waals surface area contributed by atoms with Crippen molar-refractivity contribution in [3.8, 4) is 11.1 Å². The summed E-state index contributed by atoms with van der Waals surface area (Å²) in [7, 11) is 1.31. The number of nitrogens with zero attached hydrogens (tertiary/aromatic N) is 2. The summed E-state index contributed by atoms with van der Waals surface area (Å²) in [6, 6.07) is 32.1. The lowest BCUT2D eigenvalue weighted by molar-refractivity contribution is -0.268. The van der Waals surface area contributed by atoms with Gasteiger partial charge < -0.3 is 30.0 Å². The van der Waals surface area contributed by atoms with Gasteiger partial charge in [-0.05, 0) is 39.4 Å². The lowest BCUT2D eigenvalue weighted by Gasteiger charge is -2.41. The largest absolute Gasteiger partial charge is 0.467 e. The van der Waals surface area contributed by atoms with Gasteiger partial charge in [0.05, 0.1) is 25.9 Å². The van der Waals surface area contributed by atoms with Crippen LogP contribution in [-0.2, 0) is 38.6 Å². The number of thioether (sulfide) groups is 1. The van der Waals surface area contributed by atoms with Gasteiger partial charge in [-0.15, -0.1) is 0 Å². The van der Waals surface area contributed by atoms with Crippen LogP contribution in [0.5, 0.6) is 0 Å². The van der Waals surface area contributed by atoms with Crippen LogP contribution in [0.25, 0.3) is 11.1 Å². The zero-order chi connectivity index (χ0) is 35.6. The van der Waals surface area contributed by atoms with E-state index in [0.29, 0.717) is 12.2 Å². The van der Waals surface area contributed by atoms with Gasteiger partial charge in [-0.3, -0.25) is 5.10 Å². The predicted molar refractivity (Wildman–Crippen MR) is 193 cm³/mol. The molecule has 1 saturated heterocycles. The number of H-pyrrole nitrogens is 1. The average molecular weight is 708 g/mol. The molecule has 0 saturated carbocycles. The number of methoxy groups -OCH3 is 1. The highest BCUT2D eigenvalue weighted by molar-refractivity contribution is 7.99. The average Bonchev–Trinajstić information content (AvgIpc) is 3.71. The molecule has 12 heteroatoms. The van der Waals surface area contributed by atoms with E-state index in [-0.39, 0.29) is 31.3 Å². The van der Waals surface area contributed by atoms with E-state index < -0.39 is 24.3 Å². The Morgan fingerprint density at radius 1 is 0.902 bits per heavy atom. The number of rotatable bonds is 13. The Labute approximate surface area is 301 Å². The number of aliphatic hydroxyl groups excluding tert-OH is 1. The van der Waals surface area contributed by atoms with Crippen LogP contribution in [0.1, 0.15) is 47.1 Å². The second-order valence-corrected chi connectivity index (χ2v) is 13.3. The lowest BCUT2D eigenvalue weighted by atomic mass is 9.91. The first-order chi connectivity index (χ1) is 24.9. The van der Waals surface area contributed by atoms with E-state index >= 15 is 0 Å². The van der Waals surface area contributed by atoms with Gasteiger partial charge in [0.2, 0.25) is 0 Å². The summed E-state index contributed by atoms with van der Waals surface area (Å²) < 4.78 is 18.1. The molecule has 5 atom stereocenters. The summed E-state index contributed by atoms with van der Waals surface area (Å²) in [4.78, 5) is 29.4. The van der Waals surface area contributed by atoms with Crippen LogP contribution in [0.3, 0.4) is 0 Å². The molecule has 0 bridgehead atoms. The summed E-state index contributed by atoms with van der Waals surface area (Å²) in [5.74, 6) is 0.199. The van der Waals surface area contributed by atoms with E-state index in [1.165, 1.54) is 13.4 Å². The molecule has 1 aliphatic heterocycles.